The predicted octanol–water partition coefficient (Wildman–Crippen LogP) is 1.72. The number of nitrogens with zero attached hydrogens (tertiary/aromatic N) is 1. The van der Waals surface area contributed by atoms with E-state index in [9.17, 15) is 4.79 Å². The fourth-order valence-electron chi connectivity index (χ4n) is 1.04. The van der Waals surface area contributed by atoms with Gasteiger partial charge in [0.15, 0.2) is 6.10 Å². The van der Waals surface area contributed by atoms with Crippen molar-refractivity contribution in [3.8, 4) is 5.75 Å². The third kappa shape index (κ3) is 3.58. The number of ether oxygens (including phenoxy) is 2. The highest BCUT2D eigenvalue weighted by molar-refractivity contribution is 5.74. The zero-order valence-electron chi connectivity index (χ0n) is 9.19. The van der Waals surface area contributed by atoms with Gasteiger partial charge in [-0.2, -0.15) is 0 Å². The maximum Gasteiger partial charge on any atom is 0.347 e. The highest BCUT2D eigenvalue weighted by atomic mass is 16.6. The molecule has 15 heavy (non-hydrogen) atoms. The Labute approximate surface area is 89.2 Å². The van der Waals surface area contributed by atoms with Crippen molar-refractivity contribution in [1.29, 1.82) is 0 Å². The topological polar surface area (TPSA) is 48.4 Å². The van der Waals surface area contributed by atoms with Crippen LogP contribution in [-0.2, 0) is 9.53 Å². The largest absolute Gasteiger partial charge is 0.477 e. The Bertz CT molecular complexity index is 321. The number of aryl methyl sites for hydroxylation is 1. The van der Waals surface area contributed by atoms with Gasteiger partial charge in [-0.25, -0.2) is 4.79 Å². The molecule has 0 aromatic carbocycles. The first kappa shape index (κ1) is 11.5. The number of carbonyl (C=O) groups is 1. The molecule has 4 heteroatoms. The van der Waals surface area contributed by atoms with Gasteiger partial charge in [-0.05, 0) is 32.9 Å². The van der Waals surface area contributed by atoms with E-state index in [1.807, 2.05) is 13.0 Å². The second-order valence-electron chi connectivity index (χ2n) is 3.15. The van der Waals surface area contributed by atoms with Gasteiger partial charge >= 0.3 is 5.97 Å². The van der Waals surface area contributed by atoms with Crippen LogP contribution in [0.2, 0.25) is 0 Å². The second kappa shape index (κ2) is 5.34. The second-order valence-corrected chi connectivity index (χ2v) is 3.15. The Morgan fingerprint density at radius 3 is 2.80 bits per heavy atom. The molecule has 1 aromatic heterocycles. The van der Waals surface area contributed by atoms with Crippen molar-refractivity contribution in [2.75, 3.05) is 6.61 Å². The van der Waals surface area contributed by atoms with Crippen LogP contribution in [-0.4, -0.2) is 23.7 Å². The lowest BCUT2D eigenvalue weighted by Gasteiger charge is -2.12. The van der Waals surface area contributed by atoms with E-state index in [2.05, 4.69) is 4.98 Å². The van der Waals surface area contributed by atoms with Crippen molar-refractivity contribution in [3.63, 3.8) is 0 Å². The molecule has 82 valence electrons. The van der Waals surface area contributed by atoms with E-state index < -0.39 is 6.10 Å². The zero-order chi connectivity index (χ0) is 11.3. The van der Waals surface area contributed by atoms with E-state index in [0.717, 1.165) is 5.69 Å². The molecular formula is C11H15NO3. The molecule has 0 radical (unpaired) electrons. The molecule has 0 aliphatic rings. The third-order valence-corrected chi connectivity index (χ3v) is 1.82. The van der Waals surface area contributed by atoms with Crippen LogP contribution in [0.3, 0.4) is 0 Å². The Morgan fingerprint density at radius 2 is 2.27 bits per heavy atom. The highest BCUT2D eigenvalue weighted by Gasteiger charge is 2.15. The van der Waals surface area contributed by atoms with Gasteiger partial charge in [-0.1, -0.05) is 0 Å². The predicted molar refractivity (Wildman–Crippen MR) is 55.7 cm³/mol. The van der Waals surface area contributed by atoms with Crippen LogP contribution in [0, 0.1) is 6.92 Å². The Morgan fingerprint density at radius 1 is 1.53 bits per heavy atom. The Balaban J connectivity index is 2.54. The number of rotatable bonds is 4. The van der Waals surface area contributed by atoms with Crippen LogP contribution in [0.25, 0.3) is 0 Å². The minimum atomic E-state index is -0.602. The van der Waals surface area contributed by atoms with Crippen LogP contribution in [0.15, 0.2) is 18.3 Å². The van der Waals surface area contributed by atoms with E-state index in [4.69, 9.17) is 9.47 Å². The lowest BCUT2D eigenvalue weighted by Crippen LogP contribution is -2.26. The summed E-state index contributed by atoms with van der Waals surface area (Å²) in [6.07, 6.45) is 0.986. The molecule has 1 rings (SSSR count). The van der Waals surface area contributed by atoms with Gasteiger partial charge in [0.2, 0.25) is 0 Å². The zero-order valence-corrected chi connectivity index (χ0v) is 9.19. The van der Waals surface area contributed by atoms with E-state index in [1.165, 1.54) is 0 Å². The quantitative estimate of drug-likeness (QED) is 0.708. The maximum atomic E-state index is 11.2. The molecule has 1 heterocycles. The van der Waals surface area contributed by atoms with Crippen molar-refractivity contribution >= 4 is 5.97 Å². The third-order valence-electron chi connectivity index (χ3n) is 1.82. The monoisotopic (exact) mass is 209 g/mol. The molecule has 1 aromatic rings. The molecule has 1 unspecified atom stereocenters. The van der Waals surface area contributed by atoms with Crippen LogP contribution < -0.4 is 4.74 Å². The lowest BCUT2D eigenvalue weighted by molar-refractivity contribution is -0.150. The van der Waals surface area contributed by atoms with E-state index in [-0.39, 0.29) is 5.97 Å². The summed E-state index contributed by atoms with van der Waals surface area (Å²) >= 11 is 0. The number of carbonyl (C=O) groups excluding carboxylic acids is 1. The van der Waals surface area contributed by atoms with Crippen molar-refractivity contribution in [1.82, 2.24) is 4.98 Å². The number of aromatic nitrogens is 1. The van der Waals surface area contributed by atoms with Crippen LogP contribution >= 0.6 is 0 Å². The standard InChI is InChI=1S/C11H15NO3/c1-4-14-11(13)9(3)15-10-6-5-8(2)12-7-10/h5-7,9H,4H2,1-3H3. The van der Waals surface area contributed by atoms with E-state index in [1.54, 1.807) is 26.1 Å². The summed E-state index contributed by atoms with van der Waals surface area (Å²) in [5.41, 5.74) is 0.908. The molecule has 4 nitrogen and oxygen atoms in total. The first-order valence-corrected chi connectivity index (χ1v) is 4.89. The molecule has 0 N–H and O–H groups in total. The lowest BCUT2D eigenvalue weighted by atomic mass is 10.3. The fraction of sp³-hybridized carbons (Fsp3) is 0.455. The molecule has 1 atom stereocenters. The van der Waals surface area contributed by atoms with Gasteiger partial charge < -0.3 is 9.47 Å². The fourth-order valence-corrected chi connectivity index (χ4v) is 1.04. The smallest absolute Gasteiger partial charge is 0.347 e. The summed E-state index contributed by atoms with van der Waals surface area (Å²) in [5.74, 6) is 0.208. The average molecular weight is 209 g/mol. The summed E-state index contributed by atoms with van der Waals surface area (Å²) in [6, 6.07) is 3.60. The maximum absolute atomic E-state index is 11.2. The molecule has 0 saturated heterocycles. The minimum absolute atomic E-state index is 0.360. The van der Waals surface area contributed by atoms with Crippen LogP contribution in [0.1, 0.15) is 19.5 Å². The Hall–Kier alpha value is -1.58. The van der Waals surface area contributed by atoms with Crippen molar-refractivity contribution in [3.05, 3.63) is 24.0 Å². The van der Waals surface area contributed by atoms with Crippen molar-refractivity contribution in [2.24, 2.45) is 0 Å². The van der Waals surface area contributed by atoms with Crippen LogP contribution in [0.5, 0.6) is 5.75 Å². The SMILES string of the molecule is CCOC(=O)C(C)Oc1ccc(C)nc1. The first-order chi connectivity index (χ1) is 7.13. The van der Waals surface area contributed by atoms with Crippen molar-refractivity contribution in [2.45, 2.75) is 26.9 Å². The van der Waals surface area contributed by atoms with Gasteiger partial charge in [-0.3, -0.25) is 4.98 Å². The molecule has 0 fully saturated rings. The molecule has 0 saturated carbocycles. The number of hydrogen-bond donors (Lipinski definition) is 0. The summed E-state index contributed by atoms with van der Waals surface area (Å²) < 4.78 is 10.2. The van der Waals surface area contributed by atoms with Gasteiger partial charge in [0.1, 0.15) is 5.75 Å². The molecule has 0 bridgehead atoms. The van der Waals surface area contributed by atoms with E-state index in [0.29, 0.717) is 12.4 Å². The number of hydrogen-bond acceptors (Lipinski definition) is 4. The molecule has 0 spiro atoms. The molecular weight excluding hydrogens is 194 g/mol. The number of esters is 1. The highest BCUT2D eigenvalue weighted by Crippen LogP contribution is 2.11. The van der Waals surface area contributed by atoms with Gasteiger partial charge in [0, 0.05) is 5.69 Å². The summed E-state index contributed by atoms with van der Waals surface area (Å²) in [5, 5.41) is 0. The number of pyridine rings is 1. The first-order valence-electron chi connectivity index (χ1n) is 4.89. The average Bonchev–Trinajstić information content (AvgIpc) is 2.22. The van der Waals surface area contributed by atoms with Gasteiger partial charge in [0.05, 0.1) is 12.8 Å². The van der Waals surface area contributed by atoms with Crippen LogP contribution in [0.4, 0.5) is 0 Å². The molecule has 0 aliphatic carbocycles. The minimum Gasteiger partial charge on any atom is -0.477 e. The van der Waals surface area contributed by atoms with E-state index >= 15 is 0 Å². The summed E-state index contributed by atoms with van der Waals surface area (Å²) in [6.45, 7) is 5.66. The summed E-state index contributed by atoms with van der Waals surface area (Å²) in [4.78, 5) is 15.3. The van der Waals surface area contributed by atoms with Gasteiger partial charge in [0.25, 0.3) is 0 Å². The normalized spacial score (nSPS) is 11.9. The van der Waals surface area contributed by atoms with Gasteiger partial charge in [-0.15, -0.1) is 0 Å². The van der Waals surface area contributed by atoms with Crippen molar-refractivity contribution < 1.29 is 14.3 Å². The Kier molecular flexibility index (Phi) is 4.09. The summed E-state index contributed by atoms with van der Waals surface area (Å²) in [7, 11) is 0. The molecule has 0 amide bonds. The molecule has 0 aliphatic heterocycles.